The van der Waals surface area contributed by atoms with E-state index in [0.29, 0.717) is 42.8 Å². The van der Waals surface area contributed by atoms with E-state index in [0.717, 1.165) is 22.4 Å². The second-order valence-corrected chi connectivity index (χ2v) is 21.8. The molecule has 2 aliphatic heterocycles. The first-order valence-corrected chi connectivity index (χ1v) is 25.0. The highest BCUT2D eigenvalue weighted by Gasteiger charge is 2.55. The van der Waals surface area contributed by atoms with E-state index in [-0.39, 0.29) is 52.6 Å². The summed E-state index contributed by atoms with van der Waals surface area (Å²) in [6.07, 6.45) is 4.47. The smallest absolute Gasteiger partial charge is 0.413 e. The Morgan fingerprint density at radius 1 is 1.04 bits per heavy atom. The molecule has 2 N–H and O–H groups in total. The molecule has 0 radical (unpaired) electrons. The van der Waals surface area contributed by atoms with Crippen molar-refractivity contribution in [1.29, 1.82) is 0 Å². The number of aromatic nitrogens is 3. The maximum Gasteiger partial charge on any atom is 0.413 e. The van der Waals surface area contributed by atoms with E-state index in [2.05, 4.69) is 25.3 Å². The van der Waals surface area contributed by atoms with Gasteiger partial charge in [0, 0.05) is 62.6 Å². The quantitative estimate of drug-likeness (QED) is 0.0254. The number of pyridine rings is 1. The number of nitrogens with zero attached hydrogens (tertiary/aromatic N) is 6. The standard InChI is InChI=1S/C47H56BClN8O12S2/c1-45(2,3)66-43(62)52-42-51-32(36(49)71-42)33(53-69-47(18-10-19-47)41(61)68-48)37(58)50-34-38(59)57-35(40(60)65-25-27-13-15-29(64-8)16-14-27)28(26-70-39(34)57)24-56-21-9-12-30-31(56)17-23-55(30)22-11-20-54(7)44(63)67-46(4,5)6/h9,12-17,21,23,34,39H,10-11,18-20,22,24-26,48H2,1-8H3,(H-,50,51,52,58,62)/p+1/b53-33-. The van der Waals surface area contributed by atoms with E-state index in [9.17, 15) is 28.8 Å². The maximum atomic E-state index is 14.4. The number of β-lactam (4-membered cyclic amide) rings is 1. The molecule has 24 heteroatoms. The molecule has 5 heterocycles. The molecule has 1 saturated carbocycles. The molecule has 1 aromatic carbocycles. The fourth-order valence-corrected chi connectivity index (χ4v) is 10.2. The number of anilines is 1. The monoisotopic (exact) mass is 1040 g/mol. The molecule has 1 saturated heterocycles. The molecule has 2 unspecified atom stereocenters. The van der Waals surface area contributed by atoms with Crippen LogP contribution in [0.25, 0.3) is 11.0 Å². The van der Waals surface area contributed by atoms with E-state index in [1.165, 1.54) is 24.7 Å². The highest BCUT2D eigenvalue weighted by Crippen LogP contribution is 2.42. The van der Waals surface area contributed by atoms with Crippen LogP contribution in [0.2, 0.25) is 4.34 Å². The molecule has 378 valence electrons. The summed E-state index contributed by atoms with van der Waals surface area (Å²) in [4.78, 5) is 94.1. The van der Waals surface area contributed by atoms with Gasteiger partial charge in [-0.15, -0.1) is 11.8 Å². The minimum Gasteiger partial charge on any atom is -0.540 e. The predicted octanol–water partition coefficient (Wildman–Crippen LogP) is 5.48. The Balaban J connectivity index is 1.14. The summed E-state index contributed by atoms with van der Waals surface area (Å²) < 4.78 is 31.0. The lowest BCUT2D eigenvalue weighted by atomic mass is 9.80. The Morgan fingerprint density at radius 2 is 1.76 bits per heavy atom. The Labute approximate surface area is 424 Å². The summed E-state index contributed by atoms with van der Waals surface area (Å²) in [6, 6.07) is 11.7. The molecule has 71 heavy (non-hydrogen) atoms. The van der Waals surface area contributed by atoms with Gasteiger partial charge in [0.25, 0.3) is 11.8 Å². The van der Waals surface area contributed by atoms with Gasteiger partial charge >= 0.3 is 32.2 Å². The number of ether oxygens (including phenoxy) is 4. The molecule has 0 bridgehead atoms. The molecule has 1 aliphatic carbocycles. The van der Waals surface area contributed by atoms with Gasteiger partial charge in [0.05, 0.1) is 7.11 Å². The van der Waals surface area contributed by atoms with Gasteiger partial charge in [0.15, 0.2) is 23.6 Å². The molecule has 3 aromatic heterocycles. The molecule has 7 rings (SSSR count). The zero-order chi connectivity index (χ0) is 51.4. The topological polar surface area (TPSA) is 222 Å². The molecule has 20 nitrogen and oxygen atoms in total. The number of nitrogens with one attached hydrogen (secondary N) is 2. The highest BCUT2D eigenvalue weighted by molar-refractivity contribution is 8.00. The molecule has 2 atom stereocenters. The van der Waals surface area contributed by atoms with E-state index in [1.54, 1.807) is 64.1 Å². The second kappa shape index (κ2) is 21.6. The molecule has 4 amide bonds. The highest BCUT2D eigenvalue weighted by atomic mass is 35.5. The van der Waals surface area contributed by atoms with Crippen LogP contribution < -0.4 is 19.9 Å². The number of carbonyl (C=O) groups excluding carboxylic acids is 6. The molecular formula is C47H57BClN8O12S2+. The van der Waals surface area contributed by atoms with E-state index in [1.807, 2.05) is 55.9 Å². The number of hydrogen-bond acceptors (Lipinski definition) is 16. The third-order valence-electron chi connectivity index (χ3n) is 11.5. The van der Waals surface area contributed by atoms with Gasteiger partial charge in [-0.25, -0.2) is 24.2 Å². The van der Waals surface area contributed by atoms with Crippen LogP contribution in [-0.4, -0.2) is 124 Å². The van der Waals surface area contributed by atoms with Gasteiger partial charge in [-0.3, -0.25) is 19.8 Å². The third kappa shape index (κ3) is 12.2. The van der Waals surface area contributed by atoms with Crippen molar-refractivity contribution in [2.75, 3.05) is 31.8 Å². The van der Waals surface area contributed by atoms with Crippen LogP contribution in [0.1, 0.15) is 78.5 Å². The summed E-state index contributed by atoms with van der Waals surface area (Å²) in [6.45, 7) is 11.8. The van der Waals surface area contributed by atoms with Gasteiger partial charge in [-0.2, -0.15) is 4.57 Å². The molecular weight excluding hydrogens is 979 g/mol. The third-order valence-corrected chi connectivity index (χ3v) is 14.0. The van der Waals surface area contributed by atoms with Gasteiger partial charge in [0.1, 0.15) is 56.2 Å². The average Bonchev–Trinajstić information content (AvgIpc) is 3.88. The fraction of sp³-hybridized carbons (Fsp3) is 0.468. The minimum atomic E-state index is -1.46. The van der Waals surface area contributed by atoms with Crippen molar-refractivity contribution in [2.24, 2.45) is 5.16 Å². The van der Waals surface area contributed by atoms with Crippen LogP contribution in [0.4, 0.5) is 14.7 Å². The zero-order valence-electron chi connectivity index (χ0n) is 41.0. The number of fused-ring (bicyclic) bond motifs is 2. The second-order valence-electron chi connectivity index (χ2n) is 19.0. The molecule has 3 aliphatic rings. The van der Waals surface area contributed by atoms with Crippen molar-refractivity contribution in [3.8, 4) is 5.75 Å². The van der Waals surface area contributed by atoms with Crippen molar-refractivity contribution < 1.29 is 61.8 Å². The van der Waals surface area contributed by atoms with Gasteiger partial charge in [-0.1, -0.05) is 40.2 Å². The van der Waals surface area contributed by atoms with Crippen LogP contribution in [0.15, 0.2) is 71.3 Å². The Kier molecular flexibility index (Phi) is 16.0. The number of halogens is 1. The van der Waals surface area contributed by atoms with Gasteiger partial charge in [-0.05, 0) is 78.1 Å². The number of thiazole rings is 1. The Hall–Kier alpha value is -6.33. The number of benzene rings is 1. The number of thioether (sulfide) groups is 1. The van der Waals surface area contributed by atoms with Crippen LogP contribution in [0.3, 0.4) is 0 Å². The predicted molar refractivity (Wildman–Crippen MR) is 266 cm³/mol. The number of methoxy groups -OCH3 is 1. The molecule has 0 spiro atoms. The van der Waals surface area contributed by atoms with Crippen molar-refractivity contribution in [3.63, 3.8) is 0 Å². The van der Waals surface area contributed by atoms with Crippen molar-refractivity contribution in [3.05, 3.63) is 81.7 Å². The Bertz CT molecular complexity index is 2760. The number of aryl methyl sites for hydroxylation is 1. The summed E-state index contributed by atoms with van der Waals surface area (Å²) in [5.74, 6) is -2.04. The van der Waals surface area contributed by atoms with Gasteiger partial charge in [0.2, 0.25) is 11.1 Å². The largest absolute Gasteiger partial charge is 0.540 e. The van der Waals surface area contributed by atoms with Gasteiger partial charge < -0.3 is 43.2 Å². The average molecular weight is 1040 g/mol. The number of hydrogen-bond donors (Lipinski definition) is 2. The maximum absolute atomic E-state index is 14.4. The van der Waals surface area contributed by atoms with E-state index >= 15 is 0 Å². The zero-order valence-corrected chi connectivity index (χ0v) is 43.4. The van der Waals surface area contributed by atoms with Crippen molar-refractivity contribution >= 4 is 101 Å². The number of amides is 4. The van der Waals surface area contributed by atoms with Crippen LogP contribution >= 0.6 is 34.7 Å². The number of carbonyl (C=O) groups is 6. The number of rotatable bonds is 17. The van der Waals surface area contributed by atoms with Crippen molar-refractivity contribution in [2.45, 2.75) is 115 Å². The number of oxime groups is 1. The first-order chi connectivity index (χ1) is 33.6. The SMILES string of the molecule is BOC(=O)C1(O/N=C(\C(=O)NC2C(=O)N3C(C(=O)OCc4ccc(OC)cc4)=C(C[n+]4cccc5c4ccn5CCCN(C)C(=O)OC(C)(C)C)CSC23)c2nc(NC(=O)OC(C)(C)C)sc2Cl)CCC1. The first kappa shape index (κ1) is 52.5. The minimum absolute atomic E-state index is 0.0245. The van der Waals surface area contributed by atoms with Crippen LogP contribution in [-0.2, 0) is 62.6 Å². The van der Waals surface area contributed by atoms with E-state index < -0.39 is 69.9 Å². The molecule has 2 fully saturated rings. The lowest BCUT2D eigenvalue weighted by molar-refractivity contribution is -0.663. The summed E-state index contributed by atoms with van der Waals surface area (Å²) in [5, 5.41) is 8.57. The fourth-order valence-electron chi connectivity index (χ4n) is 7.84. The van der Waals surface area contributed by atoms with E-state index in [4.69, 9.17) is 40.0 Å². The van der Waals surface area contributed by atoms with Crippen LogP contribution in [0.5, 0.6) is 5.75 Å². The molecule has 4 aromatic rings. The van der Waals surface area contributed by atoms with Crippen molar-refractivity contribution in [1.82, 2.24) is 24.7 Å². The lowest BCUT2D eigenvalue weighted by Crippen LogP contribution is -2.71. The lowest BCUT2D eigenvalue weighted by Gasteiger charge is -2.49. The Morgan fingerprint density at radius 3 is 2.41 bits per heavy atom. The van der Waals surface area contributed by atoms with Crippen LogP contribution in [0, 0.1) is 0 Å². The summed E-state index contributed by atoms with van der Waals surface area (Å²) >= 11 is 8.80. The summed E-state index contributed by atoms with van der Waals surface area (Å²) in [5.41, 5.74) is -0.427. The normalized spacial score (nSPS) is 17.6. The summed E-state index contributed by atoms with van der Waals surface area (Å²) in [7, 11) is 4.47. The first-order valence-electron chi connectivity index (χ1n) is 22.8. The number of esters is 1.